The molecule has 0 fully saturated rings. The third kappa shape index (κ3) is 1.81. The average molecular weight is 222 g/mol. The minimum Gasteiger partial charge on any atom is -0.496 e. The summed E-state index contributed by atoms with van der Waals surface area (Å²) >= 11 is 0. The van der Waals surface area contributed by atoms with Crippen molar-refractivity contribution in [3.63, 3.8) is 0 Å². The summed E-state index contributed by atoms with van der Waals surface area (Å²) in [5.41, 5.74) is 2.43. The van der Waals surface area contributed by atoms with Crippen LogP contribution in [0.1, 0.15) is 23.5 Å². The molecule has 0 bridgehead atoms. The van der Waals surface area contributed by atoms with E-state index < -0.39 is 0 Å². The summed E-state index contributed by atoms with van der Waals surface area (Å²) in [5, 5.41) is 18.5. The Kier molecular flexibility index (Phi) is 3.46. The van der Waals surface area contributed by atoms with Crippen molar-refractivity contribution in [3.8, 4) is 5.75 Å². The predicted molar refractivity (Wildman–Crippen MR) is 61.7 cm³/mol. The lowest BCUT2D eigenvalue weighted by atomic mass is 9.90. The molecular weight excluding hydrogens is 204 g/mol. The molecule has 0 saturated carbocycles. The summed E-state index contributed by atoms with van der Waals surface area (Å²) in [6.45, 7) is 0.321. The van der Waals surface area contributed by atoms with Gasteiger partial charge in [0.1, 0.15) is 5.75 Å². The first-order chi connectivity index (χ1) is 7.81. The zero-order valence-electron chi connectivity index (χ0n) is 9.52. The molecule has 1 aromatic rings. The van der Waals surface area contributed by atoms with Crippen molar-refractivity contribution in [3.05, 3.63) is 29.3 Å². The first-order valence-electron chi connectivity index (χ1n) is 5.69. The van der Waals surface area contributed by atoms with Crippen LogP contribution < -0.4 is 4.74 Å². The van der Waals surface area contributed by atoms with Gasteiger partial charge in [-0.1, -0.05) is 12.1 Å². The molecular formula is C13H18O3. The summed E-state index contributed by atoms with van der Waals surface area (Å²) in [6, 6.07) is 6.01. The standard InChI is InChI=1S/C13H18O3/c1-16-12-4-2-3-9-7-10(8-15)11(5-6-14)13(9)12/h2-4,10-11,14-15H,5-8H2,1H3/t10-,11+/m0/s1. The molecule has 1 aromatic carbocycles. The number of hydrogen-bond donors (Lipinski definition) is 2. The quantitative estimate of drug-likeness (QED) is 0.808. The number of ether oxygens (including phenoxy) is 1. The first-order valence-corrected chi connectivity index (χ1v) is 5.69. The minimum absolute atomic E-state index is 0.151. The number of benzene rings is 1. The van der Waals surface area contributed by atoms with Gasteiger partial charge in [-0.3, -0.25) is 0 Å². The second kappa shape index (κ2) is 4.85. The van der Waals surface area contributed by atoms with Gasteiger partial charge in [-0.15, -0.1) is 0 Å². The van der Waals surface area contributed by atoms with E-state index in [1.54, 1.807) is 7.11 Å². The molecule has 3 heteroatoms. The topological polar surface area (TPSA) is 49.7 Å². The van der Waals surface area contributed by atoms with Gasteiger partial charge in [0, 0.05) is 18.8 Å². The van der Waals surface area contributed by atoms with Crippen LogP contribution in [0.3, 0.4) is 0 Å². The van der Waals surface area contributed by atoms with Gasteiger partial charge in [-0.25, -0.2) is 0 Å². The lowest BCUT2D eigenvalue weighted by molar-refractivity contribution is 0.190. The summed E-state index contributed by atoms with van der Waals surface area (Å²) in [5.74, 6) is 1.33. The van der Waals surface area contributed by atoms with Gasteiger partial charge >= 0.3 is 0 Å². The average Bonchev–Trinajstić information content (AvgIpc) is 2.68. The molecule has 3 nitrogen and oxygen atoms in total. The Bertz CT molecular complexity index is 362. The summed E-state index contributed by atoms with van der Waals surface area (Å²) in [7, 11) is 1.66. The first kappa shape index (κ1) is 11.4. The number of aliphatic hydroxyl groups is 2. The second-order valence-corrected chi connectivity index (χ2v) is 4.30. The monoisotopic (exact) mass is 222 g/mol. The fraction of sp³-hybridized carbons (Fsp3) is 0.538. The third-order valence-corrected chi connectivity index (χ3v) is 3.47. The Labute approximate surface area is 95.7 Å². The Morgan fingerprint density at radius 1 is 1.38 bits per heavy atom. The summed E-state index contributed by atoms with van der Waals surface area (Å²) < 4.78 is 5.36. The molecule has 2 rings (SSSR count). The van der Waals surface area contributed by atoms with E-state index >= 15 is 0 Å². The van der Waals surface area contributed by atoms with Crippen molar-refractivity contribution in [2.45, 2.75) is 18.8 Å². The van der Waals surface area contributed by atoms with E-state index in [-0.39, 0.29) is 25.0 Å². The van der Waals surface area contributed by atoms with E-state index in [4.69, 9.17) is 9.84 Å². The van der Waals surface area contributed by atoms with Crippen LogP contribution in [0.25, 0.3) is 0 Å². The number of rotatable bonds is 4. The van der Waals surface area contributed by atoms with Crippen molar-refractivity contribution in [2.75, 3.05) is 20.3 Å². The lowest BCUT2D eigenvalue weighted by Gasteiger charge is -2.18. The van der Waals surface area contributed by atoms with Crippen LogP contribution in [-0.2, 0) is 6.42 Å². The highest BCUT2D eigenvalue weighted by molar-refractivity contribution is 5.46. The highest BCUT2D eigenvalue weighted by atomic mass is 16.5. The normalized spacial score (nSPS) is 23.2. The predicted octanol–water partition coefficient (Wildman–Crippen LogP) is 1.33. The van der Waals surface area contributed by atoms with Gasteiger partial charge in [0.25, 0.3) is 0 Å². The van der Waals surface area contributed by atoms with Gasteiger partial charge in [0.05, 0.1) is 7.11 Å². The molecule has 0 unspecified atom stereocenters. The van der Waals surface area contributed by atoms with Gasteiger partial charge in [-0.05, 0) is 36.3 Å². The SMILES string of the molecule is COc1cccc2c1[C@H](CCO)[C@H](CO)C2. The summed E-state index contributed by atoms with van der Waals surface area (Å²) in [6.07, 6.45) is 1.58. The zero-order valence-corrected chi connectivity index (χ0v) is 9.52. The second-order valence-electron chi connectivity index (χ2n) is 4.30. The Balaban J connectivity index is 2.39. The molecule has 0 aliphatic heterocycles. The van der Waals surface area contributed by atoms with Crippen molar-refractivity contribution < 1.29 is 14.9 Å². The Morgan fingerprint density at radius 2 is 2.19 bits per heavy atom. The van der Waals surface area contributed by atoms with Crippen molar-refractivity contribution in [2.24, 2.45) is 5.92 Å². The maximum atomic E-state index is 9.38. The van der Waals surface area contributed by atoms with Crippen molar-refractivity contribution in [1.29, 1.82) is 0 Å². The third-order valence-electron chi connectivity index (χ3n) is 3.47. The van der Waals surface area contributed by atoms with Crippen molar-refractivity contribution >= 4 is 0 Å². The Morgan fingerprint density at radius 3 is 2.81 bits per heavy atom. The highest BCUT2D eigenvalue weighted by Crippen LogP contribution is 2.44. The number of aliphatic hydroxyl groups excluding tert-OH is 2. The maximum absolute atomic E-state index is 9.38. The van der Waals surface area contributed by atoms with Crippen LogP contribution in [0.5, 0.6) is 5.75 Å². The van der Waals surface area contributed by atoms with Crippen LogP contribution in [0.2, 0.25) is 0 Å². The molecule has 0 radical (unpaired) electrons. The minimum atomic E-state index is 0.151. The molecule has 0 amide bonds. The molecule has 0 heterocycles. The molecule has 0 spiro atoms. The number of hydrogen-bond acceptors (Lipinski definition) is 3. The zero-order chi connectivity index (χ0) is 11.5. The van der Waals surface area contributed by atoms with E-state index in [1.165, 1.54) is 11.1 Å². The van der Waals surface area contributed by atoms with Crippen LogP contribution in [-0.4, -0.2) is 30.5 Å². The highest BCUT2D eigenvalue weighted by Gasteiger charge is 2.33. The number of methoxy groups -OCH3 is 1. The molecule has 1 aliphatic rings. The van der Waals surface area contributed by atoms with E-state index in [2.05, 4.69) is 6.07 Å². The van der Waals surface area contributed by atoms with E-state index in [0.29, 0.717) is 6.42 Å². The molecule has 16 heavy (non-hydrogen) atoms. The largest absolute Gasteiger partial charge is 0.496 e. The van der Waals surface area contributed by atoms with Crippen LogP contribution in [0.15, 0.2) is 18.2 Å². The van der Waals surface area contributed by atoms with E-state index in [0.717, 1.165) is 12.2 Å². The molecule has 1 aliphatic carbocycles. The van der Waals surface area contributed by atoms with Crippen LogP contribution >= 0.6 is 0 Å². The smallest absolute Gasteiger partial charge is 0.122 e. The Hall–Kier alpha value is -1.06. The van der Waals surface area contributed by atoms with Crippen molar-refractivity contribution in [1.82, 2.24) is 0 Å². The molecule has 2 atom stereocenters. The lowest BCUT2D eigenvalue weighted by Crippen LogP contribution is -2.14. The van der Waals surface area contributed by atoms with E-state index in [1.807, 2.05) is 12.1 Å². The molecule has 2 N–H and O–H groups in total. The van der Waals surface area contributed by atoms with Gasteiger partial charge in [0.15, 0.2) is 0 Å². The maximum Gasteiger partial charge on any atom is 0.122 e. The van der Waals surface area contributed by atoms with E-state index in [9.17, 15) is 5.11 Å². The fourth-order valence-corrected chi connectivity index (χ4v) is 2.74. The number of fused-ring (bicyclic) bond motifs is 1. The molecule has 88 valence electrons. The summed E-state index contributed by atoms with van der Waals surface area (Å²) in [4.78, 5) is 0. The fourth-order valence-electron chi connectivity index (χ4n) is 2.74. The molecule has 0 aromatic heterocycles. The van der Waals surface area contributed by atoms with Crippen LogP contribution in [0.4, 0.5) is 0 Å². The molecule has 0 saturated heterocycles. The van der Waals surface area contributed by atoms with Gasteiger partial charge in [-0.2, -0.15) is 0 Å². The van der Waals surface area contributed by atoms with Crippen LogP contribution in [0, 0.1) is 5.92 Å². The van der Waals surface area contributed by atoms with Gasteiger partial charge < -0.3 is 14.9 Å². The van der Waals surface area contributed by atoms with Gasteiger partial charge in [0.2, 0.25) is 0 Å².